The fraction of sp³-hybridized carbons (Fsp3) is 0.500. The van der Waals surface area contributed by atoms with Crippen LogP contribution in [0.2, 0.25) is 0 Å². The van der Waals surface area contributed by atoms with Gasteiger partial charge in [0.05, 0.1) is 11.8 Å². The van der Waals surface area contributed by atoms with Crippen LogP contribution in [0.3, 0.4) is 0 Å². The molecule has 0 unspecified atom stereocenters. The Kier molecular flexibility index (Phi) is 6.03. The predicted molar refractivity (Wildman–Crippen MR) is 141 cm³/mol. The Balaban J connectivity index is 1.45. The van der Waals surface area contributed by atoms with Crippen LogP contribution in [0.15, 0.2) is 18.5 Å². The van der Waals surface area contributed by atoms with Crippen molar-refractivity contribution in [3.63, 3.8) is 0 Å². The number of carbonyl (C=O) groups excluding carboxylic acids is 2. The number of alkyl halides is 2. The Hall–Kier alpha value is -4.03. The first-order chi connectivity index (χ1) is 18.7. The molecule has 0 saturated heterocycles. The molecule has 0 aliphatic heterocycles. The van der Waals surface area contributed by atoms with E-state index in [1.165, 1.54) is 11.0 Å². The highest BCUT2D eigenvalue weighted by molar-refractivity contribution is 6.10. The van der Waals surface area contributed by atoms with E-state index in [9.17, 15) is 18.4 Å². The molecule has 13 heteroatoms. The number of pyridine rings is 1. The molecule has 4 heterocycles. The lowest BCUT2D eigenvalue weighted by Crippen LogP contribution is -2.36. The summed E-state index contributed by atoms with van der Waals surface area (Å²) in [5.74, 6) is 0.139. The van der Waals surface area contributed by atoms with Crippen LogP contribution in [-0.4, -0.2) is 83.1 Å². The third kappa shape index (κ3) is 4.39. The molecule has 0 spiro atoms. The summed E-state index contributed by atoms with van der Waals surface area (Å²) in [5, 5.41) is 8.14. The second-order valence-corrected chi connectivity index (χ2v) is 10.5. The molecule has 4 aromatic heterocycles. The molecule has 11 nitrogen and oxygen atoms in total. The molecule has 6 rings (SSSR count). The number of nitrogens with one attached hydrogen (secondary N) is 1. The average Bonchev–Trinajstić information content (AvgIpc) is 3.80. The number of imidazole rings is 1. The van der Waals surface area contributed by atoms with Crippen LogP contribution in [0.1, 0.15) is 53.6 Å². The van der Waals surface area contributed by atoms with Crippen molar-refractivity contribution < 1.29 is 18.4 Å². The number of halogens is 2. The fourth-order valence-corrected chi connectivity index (χ4v) is 5.24. The van der Waals surface area contributed by atoms with Gasteiger partial charge in [-0.1, -0.05) is 0 Å². The minimum Gasteiger partial charge on any atom is -0.343 e. The van der Waals surface area contributed by atoms with Gasteiger partial charge < -0.3 is 24.3 Å². The van der Waals surface area contributed by atoms with Crippen molar-refractivity contribution in [3.05, 3.63) is 29.8 Å². The van der Waals surface area contributed by atoms with E-state index < -0.39 is 18.9 Å². The van der Waals surface area contributed by atoms with Gasteiger partial charge in [0, 0.05) is 51.2 Å². The molecule has 39 heavy (non-hydrogen) atoms. The molecule has 0 bridgehead atoms. The Morgan fingerprint density at radius 1 is 1.10 bits per heavy atom. The number of rotatable bonds is 9. The first kappa shape index (κ1) is 25.3. The minimum absolute atomic E-state index is 0.0299. The zero-order valence-electron chi connectivity index (χ0n) is 22.4. The van der Waals surface area contributed by atoms with Crippen molar-refractivity contribution in [2.75, 3.05) is 19.4 Å². The van der Waals surface area contributed by atoms with Gasteiger partial charge in [0.1, 0.15) is 29.1 Å². The third-order valence-corrected chi connectivity index (χ3v) is 7.32. The van der Waals surface area contributed by atoms with Crippen LogP contribution in [0.25, 0.3) is 22.1 Å². The van der Waals surface area contributed by atoms with Crippen molar-refractivity contribution in [1.82, 2.24) is 38.7 Å². The van der Waals surface area contributed by atoms with Crippen LogP contribution in [-0.2, 0) is 20.1 Å². The number of carbonyl (C=O) groups is 2. The number of aryl methyl sites for hydroxylation is 2. The number of nitrogens with zero attached hydrogens (tertiary/aromatic N) is 8. The van der Waals surface area contributed by atoms with Crippen molar-refractivity contribution in [2.45, 2.75) is 64.2 Å². The standard InChI is InChI=1S/C26H31F2N9O2/c1-5-35-17(26(39)37(14-6-7-14)15-8-9-15)10-16-22-21(29-13-34(22)4)23(31-24(16)35)30-20-11-18(25(38)33(2)3)36(32-20)12-19(27)28/h10-11,13-15,19H,5-9,12H2,1-4H3,(H,30,31,32). The summed E-state index contributed by atoms with van der Waals surface area (Å²) < 4.78 is 31.3. The zero-order chi connectivity index (χ0) is 27.6. The van der Waals surface area contributed by atoms with Crippen molar-refractivity contribution in [1.29, 1.82) is 0 Å². The monoisotopic (exact) mass is 539 g/mol. The molecule has 2 amide bonds. The largest absolute Gasteiger partial charge is 0.343 e. The minimum atomic E-state index is -2.68. The lowest BCUT2D eigenvalue weighted by atomic mass is 10.2. The maximum atomic E-state index is 13.8. The van der Waals surface area contributed by atoms with Gasteiger partial charge in [-0.15, -0.1) is 0 Å². The SMILES string of the molecule is CCn1c(C(=O)N(C2CC2)C2CC2)cc2c3c(ncn3C)c(Nc3cc(C(=O)N(C)C)n(CC(F)F)n3)nc21. The molecular weight excluding hydrogens is 508 g/mol. The predicted octanol–water partition coefficient (Wildman–Crippen LogP) is 3.62. The topological polar surface area (TPSA) is 106 Å². The summed E-state index contributed by atoms with van der Waals surface area (Å²) in [4.78, 5) is 39.2. The number of hydrogen-bond acceptors (Lipinski definition) is 6. The van der Waals surface area contributed by atoms with Crippen LogP contribution >= 0.6 is 0 Å². The normalized spacial score (nSPS) is 15.5. The number of hydrogen-bond donors (Lipinski definition) is 1. The van der Waals surface area contributed by atoms with E-state index in [2.05, 4.69) is 20.3 Å². The summed E-state index contributed by atoms with van der Waals surface area (Å²) in [6, 6.07) is 3.98. The van der Waals surface area contributed by atoms with E-state index >= 15 is 0 Å². The van der Waals surface area contributed by atoms with Gasteiger partial charge in [-0.2, -0.15) is 5.10 Å². The summed E-state index contributed by atoms with van der Waals surface area (Å²) in [5.41, 5.74) is 2.57. The summed E-state index contributed by atoms with van der Waals surface area (Å²) in [7, 11) is 4.97. The summed E-state index contributed by atoms with van der Waals surface area (Å²) >= 11 is 0. The van der Waals surface area contributed by atoms with Crippen LogP contribution < -0.4 is 5.32 Å². The van der Waals surface area contributed by atoms with Crippen LogP contribution in [0.5, 0.6) is 0 Å². The van der Waals surface area contributed by atoms with Gasteiger partial charge in [-0.25, -0.2) is 18.7 Å². The van der Waals surface area contributed by atoms with E-state index in [4.69, 9.17) is 4.98 Å². The Bertz CT molecular complexity index is 1580. The number of aromatic nitrogens is 6. The highest BCUT2D eigenvalue weighted by Gasteiger charge is 2.43. The molecule has 4 aromatic rings. The molecule has 206 valence electrons. The molecule has 2 aliphatic rings. The van der Waals surface area contributed by atoms with Crippen molar-refractivity contribution >= 4 is 45.5 Å². The molecular formula is C26H31F2N9O2. The fourth-order valence-electron chi connectivity index (χ4n) is 5.24. The molecule has 0 radical (unpaired) electrons. The summed E-state index contributed by atoms with van der Waals surface area (Å²) in [6.07, 6.45) is 3.16. The quantitative estimate of drug-likeness (QED) is 0.348. The van der Waals surface area contributed by atoms with Crippen LogP contribution in [0, 0.1) is 0 Å². The smallest absolute Gasteiger partial charge is 0.271 e. The van der Waals surface area contributed by atoms with E-state index in [-0.39, 0.29) is 17.4 Å². The van der Waals surface area contributed by atoms with E-state index in [1.807, 2.05) is 29.2 Å². The van der Waals surface area contributed by atoms with Crippen molar-refractivity contribution in [3.8, 4) is 0 Å². The van der Waals surface area contributed by atoms with E-state index in [0.29, 0.717) is 41.3 Å². The van der Waals surface area contributed by atoms with E-state index in [1.54, 1.807) is 20.4 Å². The first-order valence-corrected chi connectivity index (χ1v) is 13.2. The molecule has 0 aromatic carbocycles. The van der Waals surface area contributed by atoms with Gasteiger partial charge in [0.15, 0.2) is 11.6 Å². The van der Waals surface area contributed by atoms with Crippen LogP contribution in [0.4, 0.5) is 20.4 Å². The van der Waals surface area contributed by atoms with Crippen molar-refractivity contribution in [2.24, 2.45) is 7.05 Å². The lowest BCUT2D eigenvalue weighted by Gasteiger charge is -2.22. The van der Waals surface area contributed by atoms with Gasteiger partial charge in [-0.3, -0.25) is 14.3 Å². The molecule has 2 fully saturated rings. The average molecular weight is 540 g/mol. The Labute approximate surface area is 223 Å². The third-order valence-electron chi connectivity index (χ3n) is 7.32. The number of anilines is 2. The van der Waals surface area contributed by atoms with Gasteiger partial charge >= 0.3 is 0 Å². The first-order valence-electron chi connectivity index (χ1n) is 13.2. The second kappa shape index (κ2) is 9.31. The van der Waals surface area contributed by atoms with E-state index in [0.717, 1.165) is 41.3 Å². The molecule has 2 saturated carbocycles. The molecule has 2 aliphatic carbocycles. The maximum absolute atomic E-state index is 13.8. The number of amides is 2. The molecule has 1 N–H and O–H groups in total. The van der Waals surface area contributed by atoms with Gasteiger partial charge in [-0.05, 0) is 38.7 Å². The highest BCUT2D eigenvalue weighted by atomic mass is 19.3. The Morgan fingerprint density at radius 2 is 1.79 bits per heavy atom. The second-order valence-electron chi connectivity index (χ2n) is 10.5. The zero-order valence-corrected chi connectivity index (χ0v) is 22.4. The maximum Gasteiger partial charge on any atom is 0.271 e. The molecule has 0 atom stereocenters. The summed E-state index contributed by atoms with van der Waals surface area (Å²) in [6.45, 7) is 1.79. The Morgan fingerprint density at radius 3 is 2.38 bits per heavy atom. The van der Waals surface area contributed by atoms with Gasteiger partial charge in [0.2, 0.25) is 0 Å². The number of fused-ring (bicyclic) bond motifs is 3. The lowest BCUT2D eigenvalue weighted by molar-refractivity contribution is 0.0718. The highest BCUT2D eigenvalue weighted by Crippen LogP contribution is 2.39. The van der Waals surface area contributed by atoms with Gasteiger partial charge in [0.25, 0.3) is 18.2 Å².